The number of halogens is 1. The van der Waals surface area contributed by atoms with E-state index in [1.165, 1.54) is 23.1 Å². The van der Waals surface area contributed by atoms with Crippen LogP contribution in [-0.2, 0) is 11.2 Å². The van der Waals surface area contributed by atoms with E-state index in [1.54, 1.807) is 18.2 Å². The van der Waals surface area contributed by atoms with Gasteiger partial charge < -0.3 is 15.5 Å². The Labute approximate surface area is 180 Å². The molecule has 2 aromatic carbocycles. The summed E-state index contributed by atoms with van der Waals surface area (Å²) in [6.07, 6.45) is 0.415. The maximum atomic E-state index is 14.3. The molecule has 6 nitrogen and oxygen atoms in total. The van der Waals surface area contributed by atoms with Crippen LogP contribution in [0.3, 0.4) is 0 Å². The Morgan fingerprint density at radius 1 is 1.13 bits per heavy atom. The molecular formula is C24H26FN3O3. The highest BCUT2D eigenvalue weighted by Gasteiger charge is 2.54. The molecule has 2 heterocycles. The smallest absolute Gasteiger partial charge is 0.256 e. The number of amides is 3. The fourth-order valence-electron chi connectivity index (χ4n) is 4.54. The lowest BCUT2D eigenvalue weighted by Gasteiger charge is -2.39. The second-order valence-corrected chi connectivity index (χ2v) is 9.40. The monoisotopic (exact) mass is 423 g/mol. The fourth-order valence-corrected chi connectivity index (χ4v) is 4.54. The highest BCUT2D eigenvalue weighted by Crippen LogP contribution is 2.36. The molecule has 2 aliphatic heterocycles. The lowest BCUT2D eigenvalue weighted by atomic mass is 9.76. The third-order valence-electron chi connectivity index (χ3n) is 5.88. The van der Waals surface area contributed by atoms with Gasteiger partial charge in [0, 0.05) is 24.2 Å². The highest BCUT2D eigenvalue weighted by molar-refractivity contribution is 5.99. The van der Waals surface area contributed by atoms with Crippen LogP contribution in [0, 0.1) is 11.7 Å². The number of carbonyl (C=O) groups excluding carboxylic acids is 3. The number of carbonyl (C=O) groups is 3. The van der Waals surface area contributed by atoms with Crippen molar-refractivity contribution in [1.29, 1.82) is 0 Å². The first-order valence-electron chi connectivity index (χ1n) is 10.4. The van der Waals surface area contributed by atoms with Gasteiger partial charge in [-0.2, -0.15) is 0 Å². The summed E-state index contributed by atoms with van der Waals surface area (Å²) in [6.45, 7) is 5.86. The van der Waals surface area contributed by atoms with Crippen LogP contribution >= 0.6 is 0 Å². The Morgan fingerprint density at radius 2 is 1.81 bits per heavy atom. The van der Waals surface area contributed by atoms with E-state index < -0.39 is 28.7 Å². The number of nitrogens with zero attached hydrogens (tertiary/aromatic N) is 1. The van der Waals surface area contributed by atoms with Crippen LogP contribution in [0.5, 0.6) is 0 Å². The molecule has 162 valence electrons. The van der Waals surface area contributed by atoms with E-state index in [4.69, 9.17) is 0 Å². The molecule has 2 N–H and O–H groups in total. The van der Waals surface area contributed by atoms with Gasteiger partial charge in [-0.1, -0.05) is 30.3 Å². The minimum atomic E-state index is -0.957. The van der Waals surface area contributed by atoms with Crippen molar-refractivity contribution in [1.82, 2.24) is 15.5 Å². The van der Waals surface area contributed by atoms with Crippen LogP contribution < -0.4 is 10.6 Å². The van der Waals surface area contributed by atoms with Gasteiger partial charge in [0.25, 0.3) is 11.8 Å². The van der Waals surface area contributed by atoms with Crippen LogP contribution in [0.25, 0.3) is 0 Å². The van der Waals surface area contributed by atoms with Crippen LogP contribution in [0.4, 0.5) is 4.39 Å². The zero-order valence-electron chi connectivity index (χ0n) is 17.9. The van der Waals surface area contributed by atoms with Crippen molar-refractivity contribution >= 4 is 17.7 Å². The van der Waals surface area contributed by atoms with Gasteiger partial charge >= 0.3 is 0 Å². The first-order chi connectivity index (χ1) is 14.6. The second-order valence-electron chi connectivity index (χ2n) is 9.40. The molecule has 3 amide bonds. The minimum absolute atomic E-state index is 0.0444. The maximum Gasteiger partial charge on any atom is 0.256 e. The SMILES string of the molecule is CC(C)(C)NC(=O)[C@@H]1CN(C(=O)c2ccccc2F)C[C@]12Cc1ccccc1C(=O)N2. The van der Waals surface area contributed by atoms with Gasteiger partial charge in [-0.15, -0.1) is 0 Å². The number of hydrogen-bond donors (Lipinski definition) is 2. The molecule has 4 rings (SSSR count). The third-order valence-corrected chi connectivity index (χ3v) is 5.88. The molecule has 0 aromatic heterocycles. The standard InChI is InChI=1S/C24H26FN3O3/c1-23(2,3)26-21(30)18-13-28(22(31)17-10-6-7-11-19(17)25)14-24(18)12-15-8-4-5-9-16(15)20(29)27-24/h4-11,18H,12-14H2,1-3H3,(H,26,30)(H,27,29)/t18-,24+/m0/s1. The van der Waals surface area contributed by atoms with Gasteiger partial charge in [0.15, 0.2) is 0 Å². The van der Waals surface area contributed by atoms with E-state index in [-0.39, 0.29) is 30.5 Å². The summed E-state index contributed by atoms with van der Waals surface area (Å²) in [5.74, 6) is -2.27. The molecular weight excluding hydrogens is 397 g/mol. The number of hydrogen-bond acceptors (Lipinski definition) is 3. The summed E-state index contributed by atoms with van der Waals surface area (Å²) in [5.41, 5.74) is -0.0708. The molecule has 2 aliphatic rings. The first kappa shape index (κ1) is 21.0. The summed E-state index contributed by atoms with van der Waals surface area (Å²) in [5, 5.41) is 6.01. The second kappa shape index (κ2) is 7.48. The Bertz CT molecular complexity index is 1060. The highest BCUT2D eigenvalue weighted by atomic mass is 19.1. The summed E-state index contributed by atoms with van der Waals surface area (Å²) in [6, 6.07) is 13.1. The topological polar surface area (TPSA) is 78.5 Å². The summed E-state index contributed by atoms with van der Waals surface area (Å²) in [4.78, 5) is 40.7. The lowest BCUT2D eigenvalue weighted by Crippen LogP contribution is -2.62. The van der Waals surface area contributed by atoms with E-state index in [9.17, 15) is 18.8 Å². The van der Waals surface area contributed by atoms with Crippen molar-refractivity contribution in [3.8, 4) is 0 Å². The van der Waals surface area contributed by atoms with Crippen LogP contribution in [0.15, 0.2) is 48.5 Å². The fraction of sp³-hybridized carbons (Fsp3) is 0.375. The molecule has 0 saturated carbocycles. The number of rotatable bonds is 2. The minimum Gasteiger partial charge on any atom is -0.351 e. The van der Waals surface area contributed by atoms with Crippen LogP contribution in [-0.4, -0.2) is 46.8 Å². The molecule has 0 unspecified atom stereocenters. The number of benzene rings is 2. The molecule has 1 fully saturated rings. The largest absolute Gasteiger partial charge is 0.351 e. The van der Waals surface area contributed by atoms with Gasteiger partial charge in [0.05, 0.1) is 17.0 Å². The molecule has 0 radical (unpaired) electrons. The Morgan fingerprint density at radius 3 is 2.52 bits per heavy atom. The lowest BCUT2D eigenvalue weighted by molar-refractivity contribution is -0.127. The quantitative estimate of drug-likeness (QED) is 0.779. The maximum absolute atomic E-state index is 14.3. The van der Waals surface area contributed by atoms with E-state index in [2.05, 4.69) is 10.6 Å². The van der Waals surface area contributed by atoms with E-state index >= 15 is 0 Å². The Kier molecular flexibility index (Phi) is 5.07. The normalized spacial score (nSPS) is 22.8. The molecule has 2 atom stereocenters. The molecule has 31 heavy (non-hydrogen) atoms. The van der Waals surface area contributed by atoms with Gasteiger partial charge in [-0.3, -0.25) is 14.4 Å². The molecule has 2 aromatic rings. The van der Waals surface area contributed by atoms with Crippen molar-refractivity contribution < 1.29 is 18.8 Å². The van der Waals surface area contributed by atoms with Crippen molar-refractivity contribution in [2.45, 2.75) is 38.3 Å². The number of fused-ring (bicyclic) bond motifs is 1. The zero-order valence-corrected chi connectivity index (χ0v) is 17.9. The van der Waals surface area contributed by atoms with Crippen LogP contribution in [0.2, 0.25) is 0 Å². The Hall–Kier alpha value is -3.22. The zero-order chi connectivity index (χ0) is 22.4. The summed E-state index contributed by atoms with van der Waals surface area (Å²) < 4.78 is 14.3. The van der Waals surface area contributed by atoms with Gasteiger partial charge in [0.2, 0.25) is 5.91 Å². The number of nitrogens with one attached hydrogen (secondary N) is 2. The Balaban J connectivity index is 1.71. The molecule has 0 bridgehead atoms. The van der Waals surface area contributed by atoms with E-state index in [0.29, 0.717) is 12.0 Å². The molecule has 7 heteroatoms. The average molecular weight is 423 g/mol. The van der Waals surface area contributed by atoms with E-state index in [1.807, 2.05) is 32.9 Å². The van der Waals surface area contributed by atoms with Crippen molar-refractivity contribution in [2.24, 2.45) is 5.92 Å². The molecule has 1 spiro atoms. The van der Waals surface area contributed by atoms with Gasteiger partial charge in [-0.05, 0) is 51.0 Å². The molecule has 0 aliphatic carbocycles. The average Bonchev–Trinajstić information content (AvgIpc) is 3.05. The number of likely N-dealkylation sites (tertiary alicyclic amines) is 1. The predicted molar refractivity (Wildman–Crippen MR) is 114 cm³/mol. The first-order valence-corrected chi connectivity index (χ1v) is 10.4. The molecule has 1 saturated heterocycles. The van der Waals surface area contributed by atoms with Crippen molar-refractivity contribution in [3.05, 3.63) is 71.0 Å². The van der Waals surface area contributed by atoms with E-state index in [0.717, 1.165) is 5.56 Å². The van der Waals surface area contributed by atoms with Gasteiger partial charge in [-0.25, -0.2) is 4.39 Å². The van der Waals surface area contributed by atoms with Crippen molar-refractivity contribution in [2.75, 3.05) is 13.1 Å². The summed E-state index contributed by atoms with van der Waals surface area (Å²) in [7, 11) is 0. The van der Waals surface area contributed by atoms with Gasteiger partial charge in [0.1, 0.15) is 5.82 Å². The van der Waals surface area contributed by atoms with Crippen molar-refractivity contribution in [3.63, 3.8) is 0 Å². The third kappa shape index (κ3) is 3.92. The summed E-state index contributed by atoms with van der Waals surface area (Å²) >= 11 is 0. The van der Waals surface area contributed by atoms with Crippen LogP contribution in [0.1, 0.15) is 47.1 Å². The predicted octanol–water partition coefficient (Wildman–Crippen LogP) is 2.54.